The predicted molar refractivity (Wildman–Crippen MR) is 108 cm³/mol. The van der Waals surface area contributed by atoms with Gasteiger partial charge in [-0.05, 0) is 35.9 Å². The molecule has 7 nitrogen and oxygen atoms in total. The van der Waals surface area contributed by atoms with Crippen LogP contribution in [0.25, 0.3) is 0 Å². The lowest BCUT2D eigenvalue weighted by Gasteiger charge is -2.13. The van der Waals surface area contributed by atoms with E-state index in [-0.39, 0.29) is 0 Å². The van der Waals surface area contributed by atoms with Crippen LogP contribution in [-0.4, -0.2) is 25.4 Å². The number of aromatic nitrogens is 1. The van der Waals surface area contributed by atoms with Crippen molar-refractivity contribution in [2.75, 3.05) is 25.4 Å². The van der Waals surface area contributed by atoms with E-state index >= 15 is 0 Å². The molecule has 8 heteroatoms. The number of nitrogen functional groups attached to an aromatic ring is 1. The number of hydrogen-bond donors (Lipinski definition) is 2. The summed E-state index contributed by atoms with van der Waals surface area (Å²) in [6.07, 6.45) is 1.70. The number of hydrogen-bond acceptors (Lipinski definition) is 8. The van der Waals surface area contributed by atoms with Crippen molar-refractivity contribution in [1.29, 1.82) is 0 Å². The molecular formula is C19H20N4O3S. The maximum Gasteiger partial charge on any atom is 0.205 e. The van der Waals surface area contributed by atoms with E-state index in [1.54, 1.807) is 25.8 Å². The van der Waals surface area contributed by atoms with Crippen LogP contribution >= 0.6 is 11.3 Å². The molecule has 0 saturated carbocycles. The highest BCUT2D eigenvalue weighted by molar-refractivity contribution is 7.14. The van der Waals surface area contributed by atoms with Crippen LogP contribution in [-0.2, 0) is 6.61 Å². The molecule has 27 heavy (non-hydrogen) atoms. The summed E-state index contributed by atoms with van der Waals surface area (Å²) in [6.45, 7) is 0.335. The minimum Gasteiger partial charge on any atom is -0.496 e. The number of nitrogens with zero attached hydrogens (tertiary/aromatic N) is 2. The van der Waals surface area contributed by atoms with Gasteiger partial charge in [0.25, 0.3) is 0 Å². The normalized spacial score (nSPS) is 10.7. The number of nitrogens with two attached hydrogens (primary N) is 1. The van der Waals surface area contributed by atoms with Gasteiger partial charge in [-0.15, -0.1) is 11.3 Å². The number of anilines is 2. The number of thiazole rings is 1. The van der Waals surface area contributed by atoms with Crippen LogP contribution < -0.4 is 25.4 Å². The Morgan fingerprint density at radius 2 is 1.89 bits per heavy atom. The molecule has 0 fully saturated rings. The first kappa shape index (κ1) is 18.5. The van der Waals surface area contributed by atoms with Crippen molar-refractivity contribution in [1.82, 2.24) is 4.98 Å². The highest BCUT2D eigenvalue weighted by Gasteiger charge is 2.08. The zero-order chi connectivity index (χ0) is 19.1. The number of para-hydroxylation sites is 2. The fourth-order valence-corrected chi connectivity index (χ4v) is 2.93. The lowest BCUT2D eigenvalue weighted by Crippen LogP contribution is -2.01. The molecule has 0 spiro atoms. The molecule has 0 amide bonds. The van der Waals surface area contributed by atoms with E-state index in [4.69, 9.17) is 19.9 Å². The summed E-state index contributed by atoms with van der Waals surface area (Å²) in [6, 6.07) is 13.3. The fourth-order valence-electron chi connectivity index (χ4n) is 2.38. The minimum atomic E-state index is 0.335. The van der Waals surface area contributed by atoms with Crippen molar-refractivity contribution >= 4 is 28.5 Å². The molecule has 0 atom stereocenters. The number of rotatable bonds is 8. The summed E-state index contributed by atoms with van der Waals surface area (Å²) in [5.41, 5.74) is 10.2. The van der Waals surface area contributed by atoms with Gasteiger partial charge in [0.1, 0.15) is 18.2 Å². The molecular weight excluding hydrogens is 364 g/mol. The van der Waals surface area contributed by atoms with Crippen LogP contribution in [0.5, 0.6) is 17.2 Å². The molecule has 0 bridgehead atoms. The van der Waals surface area contributed by atoms with Gasteiger partial charge in [0.2, 0.25) is 5.13 Å². The third-order valence-electron chi connectivity index (χ3n) is 3.65. The maximum atomic E-state index is 5.90. The zero-order valence-corrected chi connectivity index (χ0v) is 15.8. The van der Waals surface area contributed by atoms with Crippen LogP contribution in [0.3, 0.4) is 0 Å². The molecule has 3 N–H and O–H groups in total. The largest absolute Gasteiger partial charge is 0.496 e. The lowest BCUT2D eigenvalue weighted by molar-refractivity contribution is 0.278. The summed E-state index contributed by atoms with van der Waals surface area (Å²) in [5, 5.41) is 6.57. The van der Waals surface area contributed by atoms with Crippen LogP contribution in [0.2, 0.25) is 0 Å². The molecule has 0 saturated heterocycles. The van der Waals surface area contributed by atoms with E-state index in [0.29, 0.717) is 29.1 Å². The number of hydrazone groups is 1. The summed E-state index contributed by atoms with van der Waals surface area (Å²) >= 11 is 1.39. The number of ether oxygens (including phenoxy) is 3. The molecule has 3 aromatic rings. The first-order valence-corrected chi connectivity index (χ1v) is 9.00. The third kappa shape index (κ3) is 4.89. The van der Waals surface area contributed by atoms with Gasteiger partial charge in [0.15, 0.2) is 11.5 Å². The third-order valence-corrected chi connectivity index (χ3v) is 4.42. The second-order valence-corrected chi connectivity index (χ2v) is 6.32. The van der Waals surface area contributed by atoms with Crippen molar-refractivity contribution in [3.63, 3.8) is 0 Å². The quantitative estimate of drug-likeness (QED) is 0.454. The second kappa shape index (κ2) is 8.91. The highest BCUT2D eigenvalue weighted by atomic mass is 32.1. The van der Waals surface area contributed by atoms with Crippen LogP contribution in [0.4, 0.5) is 10.9 Å². The molecule has 0 aliphatic heterocycles. The molecule has 0 aliphatic rings. The topological polar surface area (TPSA) is 91.0 Å². The van der Waals surface area contributed by atoms with E-state index in [1.807, 2.05) is 42.5 Å². The number of nitrogens with one attached hydrogen (secondary N) is 1. The van der Waals surface area contributed by atoms with Crippen molar-refractivity contribution in [3.05, 3.63) is 59.0 Å². The lowest BCUT2D eigenvalue weighted by atomic mass is 10.1. The Hall–Kier alpha value is -3.26. The molecule has 0 aliphatic carbocycles. The van der Waals surface area contributed by atoms with Crippen LogP contribution in [0.1, 0.15) is 11.1 Å². The van der Waals surface area contributed by atoms with Gasteiger partial charge in [0.05, 0.1) is 20.4 Å². The van der Waals surface area contributed by atoms with E-state index in [2.05, 4.69) is 15.5 Å². The van der Waals surface area contributed by atoms with Gasteiger partial charge in [-0.1, -0.05) is 12.1 Å². The Labute approximate surface area is 161 Å². The Balaban J connectivity index is 1.71. The van der Waals surface area contributed by atoms with Gasteiger partial charge in [0, 0.05) is 10.9 Å². The van der Waals surface area contributed by atoms with Gasteiger partial charge >= 0.3 is 0 Å². The van der Waals surface area contributed by atoms with Gasteiger partial charge < -0.3 is 19.9 Å². The average Bonchev–Trinajstić information content (AvgIpc) is 3.11. The van der Waals surface area contributed by atoms with Crippen molar-refractivity contribution in [2.24, 2.45) is 5.10 Å². The average molecular weight is 384 g/mol. The Morgan fingerprint density at radius 3 is 2.59 bits per heavy atom. The van der Waals surface area contributed by atoms with Crippen molar-refractivity contribution in [2.45, 2.75) is 6.61 Å². The second-order valence-electron chi connectivity index (χ2n) is 5.46. The molecule has 2 aromatic carbocycles. The van der Waals surface area contributed by atoms with Crippen LogP contribution in [0.15, 0.2) is 52.9 Å². The molecule has 1 heterocycles. The summed E-state index contributed by atoms with van der Waals surface area (Å²) in [5.74, 6) is 2.56. The Bertz CT molecular complexity index is 927. The first-order valence-electron chi connectivity index (χ1n) is 8.12. The van der Waals surface area contributed by atoms with Gasteiger partial charge in [-0.2, -0.15) is 5.10 Å². The zero-order valence-electron chi connectivity index (χ0n) is 15.0. The molecule has 1 aromatic heterocycles. The monoisotopic (exact) mass is 384 g/mol. The van der Waals surface area contributed by atoms with E-state index in [0.717, 1.165) is 16.9 Å². The number of benzene rings is 2. The minimum absolute atomic E-state index is 0.335. The molecule has 3 rings (SSSR count). The van der Waals surface area contributed by atoms with Crippen molar-refractivity contribution in [3.8, 4) is 17.2 Å². The first-order chi connectivity index (χ1) is 13.2. The van der Waals surface area contributed by atoms with Gasteiger partial charge in [-0.25, -0.2) is 4.98 Å². The van der Waals surface area contributed by atoms with Gasteiger partial charge in [-0.3, -0.25) is 5.43 Å². The van der Waals surface area contributed by atoms with Crippen molar-refractivity contribution < 1.29 is 14.2 Å². The Kier molecular flexibility index (Phi) is 6.11. The van der Waals surface area contributed by atoms with E-state index in [9.17, 15) is 0 Å². The molecule has 0 radical (unpaired) electrons. The standard InChI is InChI=1S/C19H20N4O3S/c1-24-15-8-7-13(10-21-23-19-22-18(20)12-27-19)9-14(15)11-26-17-6-4-3-5-16(17)25-2/h3-10,12H,11,20H2,1-2H3,(H,22,23). The number of methoxy groups -OCH3 is 2. The summed E-state index contributed by atoms with van der Waals surface area (Å²) in [4.78, 5) is 4.09. The Morgan fingerprint density at radius 1 is 1.11 bits per heavy atom. The molecule has 140 valence electrons. The van der Waals surface area contributed by atoms with Crippen LogP contribution in [0, 0.1) is 0 Å². The predicted octanol–water partition coefficient (Wildman–Crippen LogP) is 3.77. The maximum absolute atomic E-state index is 5.90. The highest BCUT2D eigenvalue weighted by Crippen LogP contribution is 2.28. The smallest absolute Gasteiger partial charge is 0.205 e. The van der Waals surface area contributed by atoms with E-state index < -0.39 is 0 Å². The fraction of sp³-hybridized carbons (Fsp3) is 0.158. The SMILES string of the molecule is COc1ccc(C=NNc2nc(N)cs2)cc1COc1ccccc1OC. The summed E-state index contributed by atoms with van der Waals surface area (Å²) in [7, 11) is 3.24. The molecule has 0 unspecified atom stereocenters. The van der Waals surface area contributed by atoms with E-state index in [1.165, 1.54) is 11.3 Å². The summed E-state index contributed by atoms with van der Waals surface area (Å²) < 4.78 is 16.6.